The molecule has 0 atom stereocenters. The fourth-order valence-electron chi connectivity index (χ4n) is 0.381. The summed E-state index contributed by atoms with van der Waals surface area (Å²) in [5.41, 5.74) is 0.173. The van der Waals surface area contributed by atoms with E-state index in [1.54, 1.807) is 0 Å². The number of carbonyl (C=O) groups excluding carboxylic acids is 1. The Morgan fingerprint density at radius 3 is 2.70 bits per heavy atom. The minimum absolute atomic E-state index is 0.0491. The van der Waals surface area contributed by atoms with Crippen LogP contribution in [0.1, 0.15) is 0 Å². The molecule has 4 nitrogen and oxygen atoms in total. The van der Waals surface area contributed by atoms with E-state index in [0.29, 0.717) is 0 Å². The largest absolute Gasteiger partial charge is 0.399 e. The first kappa shape index (κ1) is 9.23. The molecule has 0 unspecified atom stereocenters. The van der Waals surface area contributed by atoms with Gasteiger partial charge in [-0.15, -0.1) is 11.6 Å². The number of carbonyl (C=O) groups is 1. The van der Waals surface area contributed by atoms with E-state index in [-0.39, 0.29) is 17.5 Å². The zero-order valence-electron chi connectivity index (χ0n) is 5.85. The van der Waals surface area contributed by atoms with E-state index in [9.17, 15) is 4.79 Å². The van der Waals surface area contributed by atoms with Crippen molar-refractivity contribution in [1.29, 1.82) is 0 Å². The Morgan fingerprint density at radius 2 is 2.40 bits per heavy atom. The first-order chi connectivity index (χ1) is 4.76. The Labute approximate surface area is 64.2 Å². The summed E-state index contributed by atoms with van der Waals surface area (Å²) < 4.78 is 0. The molecule has 10 heavy (non-hydrogen) atoms. The number of hydrogen-bond acceptors (Lipinski definition) is 3. The minimum Gasteiger partial charge on any atom is -0.399 e. The molecule has 0 heterocycles. The van der Waals surface area contributed by atoms with Crippen molar-refractivity contribution in [2.45, 2.75) is 0 Å². The van der Waals surface area contributed by atoms with Crippen LogP contribution >= 0.6 is 11.6 Å². The molecule has 0 aromatic rings. The predicted octanol–water partition coefficient (Wildman–Crippen LogP) is -0.0264. The highest BCUT2D eigenvalue weighted by Crippen LogP contribution is 1.84. The first-order valence-corrected chi connectivity index (χ1v) is 3.17. The van der Waals surface area contributed by atoms with Gasteiger partial charge in [-0.1, -0.05) is 5.16 Å². The van der Waals surface area contributed by atoms with Crippen LogP contribution < -0.4 is 5.32 Å². The molecule has 58 valence electrons. The summed E-state index contributed by atoms with van der Waals surface area (Å²) in [4.78, 5) is 15.1. The molecule has 0 aliphatic rings. The van der Waals surface area contributed by atoms with Crippen LogP contribution in [0.25, 0.3) is 0 Å². The number of nitrogens with one attached hydrogen (secondary N) is 1. The number of alkyl halides is 1. The summed E-state index contributed by atoms with van der Waals surface area (Å²) >= 11 is 5.35. The SMILES string of the molecule is CNC(=O)C(CCl)=NOC. The number of rotatable bonds is 3. The van der Waals surface area contributed by atoms with E-state index in [4.69, 9.17) is 11.6 Å². The Morgan fingerprint density at radius 1 is 1.80 bits per heavy atom. The lowest BCUT2D eigenvalue weighted by Gasteiger charge is -1.97. The molecule has 5 heteroatoms. The number of oxime groups is 1. The monoisotopic (exact) mass is 164 g/mol. The van der Waals surface area contributed by atoms with Crippen LogP contribution in [0, 0.1) is 0 Å². The highest BCUT2D eigenvalue weighted by Gasteiger charge is 2.07. The summed E-state index contributed by atoms with van der Waals surface area (Å²) in [6, 6.07) is 0. The molecule has 0 aromatic carbocycles. The van der Waals surface area contributed by atoms with Crippen molar-refractivity contribution >= 4 is 23.2 Å². The van der Waals surface area contributed by atoms with Gasteiger partial charge in [0.15, 0.2) is 5.71 Å². The van der Waals surface area contributed by atoms with Crippen LogP contribution in [0.5, 0.6) is 0 Å². The van der Waals surface area contributed by atoms with E-state index in [1.165, 1.54) is 14.2 Å². The maximum Gasteiger partial charge on any atom is 0.270 e. The molecule has 0 rings (SSSR count). The van der Waals surface area contributed by atoms with Gasteiger partial charge in [0.05, 0.1) is 5.88 Å². The van der Waals surface area contributed by atoms with Crippen molar-refractivity contribution in [3.63, 3.8) is 0 Å². The van der Waals surface area contributed by atoms with Gasteiger partial charge >= 0.3 is 0 Å². The van der Waals surface area contributed by atoms with E-state index in [2.05, 4.69) is 15.3 Å². The Hall–Kier alpha value is -0.770. The van der Waals surface area contributed by atoms with Gasteiger partial charge in [-0.25, -0.2) is 0 Å². The molecular formula is C5H9ClN2O2. The maximum absolute atomic E-state index is 10.7. The van der Waals surface area contributed by atoms with Gasteiger partial charge in [0.2, 0.25) is 0 Å². The molecule has 1 amide bonds. The van der Waals surface area contributed by atoms with Gasteiger partial charge in [0.25, 0.3) is 5.91 Å². The zero-order chi connectivity index (χ0) is 7.98. The average molecular weight is 165 g/mol. The van der Waals surface area contributed by atoms with Gasteiger partial charge in [-0.3, -0.25) is 4.79 Å². The summed E-state index contributed by atoms with van der Waals surface area (Å²) in [6.45, 7) is 0. The van der Waals surface area contributed by atoms with Crippen LogP contribution in [-0.4, -0.2) is 31.7 Å². The number of amides is 1. The molecule has 0 aliphatic carbocycles. The van der Waals surface area contributed by atoms with Gasteiger partial charge < -0.3 is 10.2 Å². The average Bonchev–Trinajstić information content (AvgIpc) is 1.99. The lowest BCUT2D eigenvalue weighted by atomic mass is 10.4. The van der Waals surface area contributed by atoms with Crippen molar-refractivity contribution in [2.24, 2.45) is 5.16 Å². The Balaban J connectivity index is 4.06. The standard InChI is InChI=1S/C5H9ClN2O2/c1-7-5(9)4(3-6)8-10-2/h3H2,1-2H3,(H,7,9). The van der Waals surface area contributed by atoms with Crippen molar-refractivity contribution < 1.29 is 9.63 Å². The third-order valence-corrected chi connectivity index (χ3v) is 1.07. The molecule has 0 radical (unpaired) electrons. The van der Waals surface area contributed by atoms with Crippen molar-refractivity contribution in [2.75, 3.05) is 20.0 Å². The van der Waals surface area contributed by atoms with Crippen LogP contribution in [-0.2, 0) is 9.63 Å². The molecule has 0 saturated carbocycles. The number of nitrogens with zero attached hydrogens (tertiary/aromatic N) is 1. The second kappa shape index (κ2) is 5.05. The molecule has 0 fully saturated rings. The molecule has 1 N–H and O–H groups in total. The quantitative estimate of drug-likeness (QED) is 0.362. The molecular weight excluding hydrogens is 156 g/mol. The van der Waals surface area contributed by atoms with E-state index >= 15 is 0 Å². The van der Waals surface area contributed by atoms with Crippen molar-refractivity contribution in [1.82, 2.24) is 5.32 Å². The van der Waals surface area contributed by atoms with Crippen LogP contribution in [0.2, 0.25) is 0 Å². The lowest BCUT2D eigenvalue weighted by molar-refractivity contribution is -0.114. The highest BCUT2D eigenvalue weighted by molar-refractivity contribution is 6.48. The molecule has 0 spiro atoms. The molecule has 0 aromatic heterocycles. The highest BCUT2D eigenvalue weighted by atomic mass is 35.5. The fraction of sp³-hybridized carbons (Fsp3) is 0.600. The number of hydrogen-bond donors (Lipinski definition) is 1. The normalized spacial score (nSPS) is 10.9. The minimum atomic E-state index is -0.322. The molecule has 0 aliphatic heterocycles. The van der Waals surface area contributed by atoms with Crippen molar-refractivity contribution in [3.05, 3.63) is 0 Å². The third-order valence-electron chi connectivity index (χ3n) is 0.817. The third kappa shape index (κ3) is 2.68. The molecule has 0 bridgehead atoms. The predicted molar refractivity (Wildman–Crippen MR) is 39.2 cm³/mol. The van der Waals surface area contributed by atoms with Crippen LogP contribution in [0.15, 0.2) is 5.16 Å². The second-order valence-corrected chi connectivity index (χ2v) is 1.70. The van der Waals surface area contributed by atoms with E-state index in [1.807, 2.05) is 0 Å². The van der Waals surface area contributed by atoms with E-state index < -0.39 is 0 Å². The van der Waals surface area contributed by atoms with Crippen LogP contribution in [0.3, 0.4) is 0 Å². The van der Waals surface area contributed by atoms with Gasteiger partial charge in [-0.05, 0) is 0 Å². The Kier molecular flexibility index (Phi) is 4.66. The summed E-state index contributed by atoms with van der Waals surface area (Å²) in [5, 5.41) is 5.75. The maximum atomic E-state index is 10.7. The fourth-order valence-corrected chi connectivity index (χ4v) is 0.551. The summed E-state index contributed by atoms with van der Waals surface area (Å²) in [7, 11) is 2.86. The Bertz CT molecular complexity index is 147. The summed E-state index contributed by atoms with van der Waals surface area (Å²) in [6.07, 6.45) is 0. The lowest BCUT2D eigenvalue weighted by Crippen LogP contribution is -2.28. The van der Waals surface area contributed by atoms with Gasteiger partial charge in [-0.2, -0.15) is 0 Å². The van der Waals surface area contributed by atoms with Gasteiger partial charge in [0, 0.05) is 7.05 Å². The van der Waals surface area contributed by atoms with Gasteiger partial charge in [0.1, 0.15) is 7.11 Å². The van der Waals surface area contributed by atoms with Crippen molar-refractivity contribution in [3.8, 4) is 0 Å². The number of halogens is 1. The smallest absolute Gasteiger partial charge is 0.270 e. The van der Waals surface area contributed by atoms with Crippen LogP contribution in [0.4, 0.5) is 0 Å². The topological polar surface area (TPSA) is 50.7 Å². The first-order valence-electron chi connectivity index (χ1n) is 2.64. The summed E-state index contributed by atoms with van der Waals surface area (Å²) in [5.74, 6) is -0.273. The molecule has 0 saturated heterocycles. The van der Waals surface area contributed by atoms with E-state index in [0.717, 1.165) is 0 Å². The zero-order valence-corrected chi connectivity index (χ0v) is 6.60. The second-order valence-electron chi connectivity index (χ2n) is 1.43.